The number of benzene rings is 1. The van der Waals surface area contributed by atoms with Gasteiger partial charge in [-0.1, -0.05) is 12.1 Å². The Morgan fingerprint density at radius 1 is 1.15 bits per heavy atom. The maximum Gasteiger partial charge on any atom is 0.255 e. The van der Waals surface area contributed by atoms with Crippen LogP contribution in [0.4, 0.5) is 5.69 Å². The van der Waals surface area contributed by atoms with Crippen molar-refractivity contribution in [2.45, 2.75) is 47.6 Å². The van der Waals surface area contributed by atoms with Gasteiger partial charge in [0.05, 0.1) is 12.1 Å². The van der Waals surface area contributed by atoms with Crippen molar-refractivity contribution >= 4 is 17.5 Å². The second kappa shape index (κ2) is 7.77. The van der Waals surface area contributed by atoms with Gasteiger partial charge in [0.1, 0.15) is 0 Å². The van der Waals surface area contributed by atoms with Crippen LogP contribution < -0.4 is 5.32 Å². The van der Waals surface area contributed by atoms with E-state index in [1.54, 1.807) is 7.05 Å². The number of rotatable bonds is 5. The Morgan fingerprint density at radius 2 is 1.81 bits per heavy atom. The molecule has 5 nitrogen and oxygen atoms in total. The van der Waals surface area contributed by atoms with Gasteiger partial charge in [0.25, 0.3) is 5.91 Å². The summed E-state index contributed by atoms with van der Waals surface area (Å²) < 4.78 is 2.14. The van der Waals surface area contributed by atoms with Crippen molar-refractivity contribution in [2.75, 3.05) is 18.9 Å². The smallest absolute Gasteiger partial charge is 0.255 e. The van der Waals surface area contributed by atoms with E-state index in [4.69, 9.17) is 0 Å². The second-order valence-electron chi connectivity index (χ2n) is 7.21. The predicted octanol–water partition coefficient (Wildman–Crippen LogP) is 4.01. The van der Waals surface area contributed by atoms with Crippen LogP contribution in [-0.4, -0.2) is 34.9 Å². The van der Waals surface area contributed by atoms with E-state index in [1.807, 2.05) is 52.0 Å². The van der Waals surface area contributed by atoms with Gasteiger partial charge in [-0.15, -0.1) is 0 Å². The van der Waals surface area contributed by atoms with Crippen molar-refractivity contribution in [3.05, 3.63) is 52.3 Å². The van der Waals surface area contributed by atoms with Gasteiger partial charge in [-0.2, -0.15) is 0 Å². The van der Waals surface area contributed by atoms with Crippen molar-refractivity contribution in [1.29, 1.82) is 0 Å². The Bertz CT molecular complexity index is 834. The first-order chi connectivity index (χ1) is 12.1. The monoisotopic (exact) mass is 355 g/mol. The lowest BCUT2D eigenvalue weighted by atomic mass is 10.1. The third kappa shape index (κ3) is 3.98. The third-order valence-electron chi connectivity index (χ3n) is 4.84. The van der Waals surface area contributed by atoms with Gasteiger partial charge in [0.15, 0.2) is 0 Å². The number of carbonyl (C=O) groups is 2. The standard InChI is InChI=1S/C21H29N3O2/c1-13(2)24-15(4)11-18(17(24)6)21(26)23(7)12-20(25)22-19-10-8-9-14(3)16(19)5/h8-11,13H,12H2,1-7H3,(H,22,25). The summed E-state index contributed by atoms with van der Waals surface area (Å²) in [5.41, 5.74) is 5.58. The molecule has 0 aliphatic carbocycles. The molecule has 5 heteroatoms. The molecule has 1 N–H and O–H groups in total. The molecule has 0 saturated carbocycles. The third-order valence-corrected chi connectivity index (χ3v) is 4.84. The van der Waals surface area contributed by atoms with Crippen molar-refractivity contribution < 1.29 is 9.59 Å². The van der Waals surface area contributed by atoms with E-state index in [0.29, 0.717) is 5.56 Å². The summed E-state index contributed by atoms with van der Waals surface area (Å²) >= 11 is 0. The van der Waals surface area contributed by atoms with Crippen LogP contribution in [0.1, 0.15) is 52.8 Å². The molecule has 2 amide bonds. The number of hydrogen-bond acceptors (Lipinski definition) is 2. The lowest BCUT2D eigenvalue weighted by Gasteiger charge is -2.18. The summed E-state index contributed by atoms with van der Waals surface area (Å²) in [7, 11) is 1.66. The fourth-order valence-corrected chi connectivity index (χ4v) is 3.36. The lowest BCUT2D eigenvalue weighted by Crippen LogP contribution is -2.35. The maximum absolute atomic E-state index is 12.8. The van der Waals surface area contributed by atoms with Crippen LogP contribution in [0.2, 0.25) is 0 Å². The van der Waals surface area contributed by atoms with Gasteiger partial charge in [0.2, 0.25) is 5.91 Å². The Labute approximate surface area is 156 Å². The van der Waals surface area contributed by atoms with Crippen molar-refractivity contribution in [3.63, 3.8) is 0 Å². The molecule has 2 rings (SSSR count). The summed E-state index contributed by atoms with van der Waals surface area (Å²) in [6, 6.07) is 7.97. The van der Waals surface area contributed by atoms with E-state index in [1.165, 1.54) is 4.90 Å². The lowest BCUT2D eigenvalue weighted by molar-refractivity contribution is -0.116. The van der Waals surface area contributed by atoms with Gasteiger partial charge in [-0.05, 0) is 64.8 Å². The molecule has 0 bridgehead atoms. The van der Waals surface area contributed by atoms with Crippen molar-refractivity contribution in [2.24, 2.45) is 0 Å². The molecule has 1 aromatic heterocycles. The van der Waals surface area contributed by atoms with E-state index in [2.05, 4.69) is 23.7 Å². The Kier molecular flexibility index (Phi) is 5.90. The molecule has 0 unspecified atom stereocenters. The van der Waals surface area contributed by atoms with Crippen LogP contribution in [0, 0.1) is 27.7 Å². The number of aromatic nitrogens is 1. The molecular weight excluding hydrogens is 326 g/mol. The zero-order valence-corrected chi connectivity index (χ0v) is 16.8. The van der Waals surface area contributed by atoms with E-state index >= 15 is 0 Å². The van der Waals surface area contributed by atoms with Crippen LogP contribution >= 0.6 is 0 Å². The highest BCUT2D eigenvalue weighted by Crippen LogP contribution is 2.21. The Morgan fingerprint density at radius 3 is 2.38 bits per heavy atom. The number of hydrogen-bond donors (Lipinski definition) is 1. The Hall–Kier alpha value is -2.56. The highest BCUT2D eigenvalue weighted by molar-refractivity contribution is 6.00. The average molecular weight is 355 g/mol. The normalized spacial score (nSPS) is 10.9. The molecule has 1 aromatic carbocycles. The van der Waals surface area contributed by atoms with Crippen molar-refractivity contribution in [1.82, 2.24) is 9.47 Å². The zero-order chi connectivity index (χ0) is 19.6. The quantitative estimate of drug-likeness (QED) is 0.881. The molecule has 0 atom stereocenters. The highest BCUT2D eigenvalue weighted by atomic mass is 16.2. The number of nitrogens with one attached hydrogen (secondary N) is 1. The number of carbonyl (C=O) groups excluding carboxylic acids is 2. The van der Waals surface area contributed by atoms with Crippen molar-refractivity contribution in [3.8, 4) is 0 Å². The average Bonchev–Trinajstić information content (AvgIpc) is 2.85. The first kappa shape index (κ1) is 19.8. The second-order valence-corrected chi connectivity index (χ2v) is 7.21. The van der Waals surface area contributed by atoms with Crippen LogP contribution in [0.15, 0.2) is 24.3 Å². The SMILES string of the molecule is Cc1cccc(NC(=O)CN(C)C(=O)c2cc(C)n(C(C)C)c2C)c1C. The van der Waals surface area contributed by atoms with E-state index < -0.39 is 0 Å². The van der Waals surface area contributed by atoms with Gasteiger partial charge >= 0.3 is 0 Å². The first-order valence-corrected chi connectivity index (χ1v) is 8.93. The number of anilines is 1. The van der Waals surface area contributed by atoms with Crippen LogP contribution in [0.3, 0.4) is 0 Å². The summed E-state index contributed by atoms with van der Waals surface area (Å²) in [6.45, 7) is 12.1. The molecule has 0 aliphatic rings. The van der Waals surface area contributed by atoms with Gasteiger partial charge in [-0.3, -0.25) is 9.59 Å². The summed E-state index contributed by atoms with van der Waals surface area (Å²) in [4.78, 5) is 26.6. The molecule has 0 spiro atoms. The van der Waals surface area contributed by atoms with E-state index in [-0.39, 0.29) is 24.4 Å². The predicted molar refractivity (Wildman–Crippen MR) is 106 cm³/mol. The molecular formula is C21H29N3O2. The minimum atomic E-state index is -0.202. The molecule has 2 aromatic rings. The largest absolute Gasteiger partial charge is 0.346 e. The van der Waals surface area contributed by atoms with E-state index in [9.17, 15) is 9.59 Å². The molecule has 0 radical (unpaired) electrons. The maximum atomic E-state index is 12.8. The fraction of sp³-hybridized carbons (Fsp3) is 0.429. The molecule has 0 aliphatic heterocycles. The number of nitrogens with zero attached hydrogens (tertiary/aromatic N) is 2. The molecule has 0 fully saturated rings. The van der Waals surface area contributed by atoms with Crippen LogP contribution in [0.25, 0.3) is 0 Å². The number of amides is 2. The van der Waals surface area contributed by atoms with Gasteiger partial charge in [0, 0.05) is 30.2 Å². The first-order valence-electron chi connectivity index (χ1n) is 8.93. The van der Waals surface area contributed by atoms with Crippen LogP contribution in [0.5, 0.6) is 0 Å². The fourth-order valence-electron chi connectivity index (χ4n) is 3.36. The van der Waals surface area contributed by atoms with Gasteiger partial charge in [-0.25, -0.2) is 0 Å². The van der Waals surface area contributed by atoms with E-state index in [0.717, 1.165) is 28.2 Å². The topological polar surface area (TPSA) is 54.3 Å². The summed E-state index contributed by atoms with van der Waals surface area (Å²) in [6.07, 6.45) is 0. The minimum absolute atomic E-state index is 0.0115. The minimum Gasteiger partial charge on any atom is -0.346 e. The molecule has 0 saturated heterocycles. The molecule has 140 valence electrons. The number of likely N-dealkylation sites (N-methyl/N-ethyl adjacent to an activating group) is 1. The van der Waals surface area contributed by atoms with Crippen LogP contribution in [-0.2, 0) is 4.79 Å². The zero-order valence-electron chi connectivity index (χ0n) is 16.8. The number of aryl methyl sites for hydroxylation is 2. The Balaban J connectivity index is 2.11. The molecule has 26 heavy (non-hydrogen) atoms. The van der Waals surface area contributed by atoms with Gasteiger partial charge < -0.3 is 14.8 Å². The molecule has 1 heterocycles. The summed E-state index contributed by atoms with van der Waals surface area (Å²) in [5.74, 6) is -0.340. The highest BCUT2D eigenvalue weighted by Gasteiger charge is 2.21. The summed E-state index contributed by atoms with van der Waals surface area (Å²) in [5, 5.41) is 2.90.